The summed E-state index contributed by atoms with van der Waals surface area (Å²) >= 11 is 0. The first-order valence-electron chi connectivity index (χ1n) is 6.20. The first kappa shape index (κ1) is 14.1. The minimum absolute atomic E-state index is 0.134. The van der Waals surface area contributed by atoms with Gasteiger partial charge in [0.1, 0.15) is 5.82 Å². The number of rotatable bonds is 4. The van der Waals surface area contributed by atoms with Gasteiger partial charge in [-0.3, -0.25) is 9.78 Å². The van der Waals surface area contributed by atoms with E-state index in [9.17, 15) is 14.3 Å². The van der Waals surface area contributed by atoms with Gasteiger partial charge in [0, 0.05) is 18.1 Å². The van der Waals surface area contributed by atoms with Crippen molar-refractivity contribution < 1.29 is 14.3 Å². The quantitative estimate of drug-likeness (QED) is 0.900. The highest BCUT2D eigenvalue weighted by molar-refractivity contribution is 5.91. The van der Waals surface area contributed by atoms with Crippen molar-refractivity contribution >= 4 is 11.6 Å². The van der Waals surface area contributed by atoms with E-state index in [1.165, 1.54) is 18.2 Å². The Morgan fingerprint density at radius 2 is 2.25 bits per heavy atom. The van der Waals surface area contributed by atoms with Gasteiger partial charge in [0.05, 0.1) is 12.5 Å². The molecule has 4 nitrogen and oxygen atoms in total. The molecule has 104 valence electrons. The molecular weight excluding hydrogens is 259 g/mol. The van der Waals surface area contributed by atoms with Gasteiger partial charge in [0.25, 0.3) is 0 Å². The molecule has 1 amide bonds. The third kappa shape index (κ3) is 3.61. The summed E-state index contributed by atoms with van der Waals surface area (Å²) in [5.74, 6) is -0.775. The van der Waals surface area contributed by atoms with Crippen molar-refractivity contribution in [1.82, 2.24) is 4.98 Å². The van der Waals surface area contributed by atoms with Crippen LogP contribution in [0.3, 0.4) is 0 Å². The largest absolute Gasteiger partial charge is 0.388 e. The van der Waals surface area contributed by atoms with Crippen LogP contribution in [0.2, 0.25) is 0 Å². The minimum Gasteiger partial charge on any atom is -0.388 e. The molecule has 1 heterocycles. The molecular formula is C15H15FN2O2. The van der Waals surface area contributed by atoms with Crippen LogP contribution in [0, 0.1) is 12.7 Å². The summed E-state index contributed by atoms with van der Waals surface area (Å²) in [7, 11) is 0. The van der Waals surface area contributed by atoms with E-state index in [0.717, 1.165) is 5.56 Å². The number of aromatic nitrogens is 1. The molecule has 0 aliphatic rings. The van der Waals surface area contributed by atoms with Crippen molar-refractivity contribution in [1.29, 1.82) is 0 Å². The number of nitrogens with zero attached hydrogens (tertiary/aromatic N) is 1. The second-order valence-corrected chi connectivity index (χ2v) is 4.51. The molecule has 0 bridgehead atoms. The molecule has 1 unspecified atom stereocenters. The lowest BCUT2D eigenvalue weighted by Gasteiger charge is -2.12. The van der Waals surface area contributed by atoms with Gasteiger partial charge in [-0.25, -0.2) is 4.39 Å². The van der Waals surface area contributed by atoms with E-state index in [0.29, 0.717) is 11.3 Å². The maximum atomic E-state index is 13.0. The fourth-order valence-corrected chi connectivity index (χ4v) is 1.82. The predicted octanol–water partition coefficient (Wildman–Crippen LogP) is 2.59. The van der Waals surface area contributed by atoms with E-state index in [-0.39, 0.29) is 12.3 Å². The molecule has 0 aliphatic heterocycles. The Labute approximate surface area is 116 Å². The summed E-state index contributed by atoms with van der Waals surface area (Å²) in [4.78, 5) is 15.8. The Bertz CT molecular complexity index is 616. The maximum absolute atomic E-state index is 13.0. The topological polar surface area (TPSA) is 62.2 Å². The van der Waals surface area contributed by atoms with Crippen LogP contribution in [0.1, 0.15) is 23.7 Å². The van der Waals surface area contributed by atoms with E-state index < -0.39 is 11.9 Å². The van der Waals surface area contributed by atoms with E-state index in [1.54, 1.807) is 24.5 Å². The summed E-state index contributed by atoms with van der Waals surface area (Å²) in [6.45, 7) is 1.83. The smallest absolute Gasteiger partial charge is 0.227 e. The van der Waals surface area contributed by atoms with Gasteiger partial charge >= 0.3 is 0 Å². The highest BCUT2D eigenvalue weighted by atomic mass is 19.1. The lowest BCUT2D eigenvalue weighted by Crippen LogP contribution is -2.16. The zero-order valence-corrected chi connectivity index (χ0v) is 11.0. The number of aliphatic hydroxyl groups is 1. The molecule has 0 radical (unpaired) electrons. The molecule has 1 atom stereocenters. The van der Waals surface area contributed by atoms with Crippen molar-refractivity contribution in [2.75, 3.05) is 5.32 Å². The number of aliphatic hydroxyl groups excluding tert-OH is 1. The lowest BCUT2D eigenvalue weighted by atomic mass is 10.1. The molecule has 0 saturated carbocycles. The van der Waals surface area contributed by atoms with Gasteiger partial charge in [-0.15, -0.1) is 0 Å². The van der Waals surface area contributed by atoms with Crippen molar-refractivity contribution in [3.63, 3.8) is 0 Å². The van der Waals surface area contributed by atoms with Gasteiger partial charge in [-0.05, 0) is 36.2 Å². The molecule has 2 N–H and O–H groups in total. The number of benzene rings is 1. The number of carbonyl (C=O) groups excluding carboxylic acids is 1. The number of halogens is 1. The van der Waals surface area contributed by atoms with Gasteiger partial charge in [0.2, 0.25) is 5.91 Å². The number of aryl methyl sites for hydroxylation is 1. The van der Waals surface area contributed by atoms with Crippen LogP contribution in [0.5, 0.6) is 0 Å². The molecule has 20 heavy (non-hydrogen) atoms. The monoisotopic (exact) mass is 274 g/mol. The lowest BCUT2D eigenvalue weighted by molar-refractivity contribution is -0.118. The Kier molecular flexibility index (Phi) is 4.42. The fraction of sp³-hybridized carbons (Fsp3) is 0.200. The van der Waals surface area contributed by atoms with Gasteiger partial charge in [-0.2, -0.15) is 0 Å². The van der Waals surface area contributed by atoms with E-state index in [4.69, 9.17) is 0 Å². The Balaban J connectivity index is 2.00. The zero-order valence-electron chi connectivity index (χ0n) is 11.0. The molecule has 2 aromatic rings. The number of pyridine rings is 1. The van der Waals surface area contributed by atoms with E-state index >= 15 is 0 Å². The molecule has 2 rings (SSSR count). The molecule has 5 heteroatoms. The van der Waals surface area contributed by atoms with Gasteiger partial charge < -0.3 is 10.4 Å². The minimum atomic E-state index is -1.03. The van der Waals surface area contributed by atoms with Crippen LogP contribution in [-0.2, 0) is 4.79 Å². The second-order valence-electron chi connectivity index (χ2n) is 4.51. The average molecular weight is 274 g/mol. The molecule has 0 spiro atoms. The van der Waals surface area contributed by atoms with Crippen LogP contribution in [-0.4, -0.2) is 16.0 Å². The maximum Gasteiger partial charge on any atom is 0.227 e. The van der Waals surface area contributed by atoms with Crippen LogP contribution in [0.15, 0.2) is 42.7 Å². The number of anilines is 1. The van der Waals surface area contributed by atoms with E-state index in [2.05, 4.69) is 10.3 Å². The summed E-state index contributed by atoms with van der Waals surface area (Å²) in [5, 5.41) is 12.6. The highest BCUT2D eigenvalue weighted by Gasteiger charge is 2.14. The number of nitrogens with one attached hydrogen (secondary N) is 1. The first-order valence-corrected chi connectivity index (χ1v) is 6.20. The Hall–Kier alpha value is -2.27. The van der Waals surface area contributed by atoms with Crippen LogP contribution in [0.4, 0.5) is 10.1 Å². The Morgan fingerprint density at radius 1 is 1.45 bits per heavy atom. The molecule has 0 saturated heterocycles. The van der Waals surface area contributed by atoms with Crippen molar-refractivity contribution in [3.05, 3.63) is 59.7 Å². The number of hydrogen-bond donors (Lipinski definition) is 2. The Morgan fingerprint density at radius 3 is 2.95 bits per heavy atom. The molecule has 0 aliphatic carbocycles. The van der Waals surface area contributed by atoms with Crippen LogP contribution < -0.4 is 5.32 Å². The highest BCUT2D eigenvalue weighted by Crippen LogP contribution is 2.19. The number of carbonyl (C=O) groups is 1. The summed E-state index contributed by atoms with van der Waals surface area (Å²) in [6, 6.07) is 7.27. The summed E-state index contributed by atoms with van der Waals surface area (Å²) in [6.07, 6.45) is 2.04. The van der Waals surface area contributed by atoms with Crippen LogP contribution in [0.25, 0.3) is 0 Å². The average Bonchev–Trinajstić information content (AvgIpc) is 2.41. The van der Waals surface area contributed by atoms with Crippen LogP contribution >= 0.6 is 0 Å². The van der Waals surface area contributed by atoms with Crippen molar-refractivity contribution in [2.45, 2.75) is 19.4 Å². The number of amides is 1. The van der Waals surface area contributed by atoms with Gasteiger partial charge in [-0.1, -0.05) is 12.1 Å². The van der Waals surface area contributed by atoms with Gasteiger partial charge in [0.15, 0.2) is 0 Å². The SMILES string of the molecule is Cc1cnccc1NC(=O)CC(O)c1cccc(F)c1. The van der Waals surface area contributed by atoms with E-state index in [1.807, 2.05) is 6.92 Å². The van der Waals surface area contributed by atoms with Crippen molar-refractivity contribution in [2.24, 2.45) is 0 Å². The zero-order chi connectivity index (χ0) is 14.5. The third-order valence-corrected chi connectivity index (χ3v) is 2.91. The molecule has 0 fully saturated rings. The fourth-order valence-electron chi connectivity index (χ4n) is 1.82. The summed E-state index contributed by atoms with van der Waals surface area (Å²) in [5.41, 5.74) is 1.86. The molecule has 1 aromatic heterocycles. The predicted molar refractivity (Wildman–Crippen MR) is 73.6 cm³/mol. The normalized spacial score (nSPS) is 11.9. The number of hydrogen-bond acceptors (Lipinski definition) is 3. The first-order chi connectivity index (χ1) is 9.56. The second kappa shape index (κ2) is 6.25. The summed E-state index contributed by atoms with van der Waals surface area (Å²) < 4.78 is 13.0. The van der Waals surface area contributed by atoms with Crippen molar-refractivity contribution in [3.8, 4) is 0 Å². The molecule has 1 aromatic carbocycles. The third-order valence-electron chi connectivity index (χ3n) is 2.91. The standard InChI is InChI=1S/C15H15FN2O2/c1-10-9-17-6-5-13(10)18-15(20)8-14(19)11-3-2-4-12(16)7-11/h2-7,9,14,19H,8H2,1H3,(H,17,18,20).